The molecule has 4 heteroatoms. The van der Waals surface area contributed by atoms with Gasteiger partial charge in [-0.05, 0) is 81.2 Å². The zero-order valence-electron chi connectivity index (χ0n) is 28.9. The maximum absolute atomic E-state index is 2.48. The van der Waals surface area contributed by atoms with Gasteiger partial charge in [-0.2, -0.15) is 0 Å². The molecule has 0 aliphatic heterocycles. The second kappa shape index (κ2) is 11.7. The van der Waals surface area contributed by atoms with Crippen molar-refractivity contribution >= 4 is 133 Å². The van der Waals surface area contributed by atoms with Gasteiger partial charge in [-0.25, -0.2) is 0 Å². The van der Waals surface area contributed by atoms with Crippen LogP contribution in [0.4, 0.5) is 17.1 Å². The van der Waals surface area contributed by atoms with E-state index < -0.39 is 0 Å². The molecule has 0 unspecified atom stereocenters. The Morgan fingerprint density at radius 2 is 0.926 bits per heavy atom. The summed E-state index contributed by atoms with van der Waals surface area (Å²) in [4.78, 5) is 2.48. The average Bonchev–Trinajstić information content (AvgIpc) is 3.92. The summed E-state index contributed by atoms with van der Waals surface area (Å²) in [5.41, 5.74) is 5.97. The highest BCUT2D eigenvalue weighted by atomic mass is 32.1. The van der Waals surface area contributed by atoms with Crippen molar-refractivity contribution in [3.05, 3.63) is 176 Å². The van der Waals surface area contributed by atoms with Gasteiger partial charge in [-0.1, -0.05) is 127 Å². The van der Waals surface area contributed by atoms with Gasteiger partial charge in [0.15, 0.2) is 0 Å². The molecular formula is C50H29NS3. The van der Waals surface area contributed by atoms with Gasteiger partial charge < -0.3 is 4.90 Å². The average molecular weight is 740 g/mol. The predicted molar refractivity (Wildman–Crippen MR) is 240 cm³/mol. The molecule has 12 rings (SSSR count). The highest BCUT2D eigenvalue weighted by Crippen LogP contribution is 2.50. The molecule has 0 spiro atoms. The second-order valence-corrected chi connectivity index (χ2v) is 17.2. The molecule has 3 heterocycles. The first-order chi connectivity index (χ1) is 26.8. The van der Waals surface area contributed by atoms with E-state index in [0.717, 1.165) is 11.4 Å². The number of fused-ring (bicyclic) bond motifs is 13. The molecule has 0 aliphatic carbocycles. The number of hydrogen-bond donors (Lipinski definition) is 0. The normalized spacial score (nSPS) is 12.1. The molecule has 0 amide bonds. The summed E-state index contributed by atoms with van der Waals surface area (Å²) in [5.74, 6) is 0. The molecule has 0 N–H and O–H groups in total. The Hall–Kier alpha value is -6.04. The molecule has 0 saturated carbocycles. The number of hydrogen-bond acceptors (Lipinski definition) is 4. The van der Waals surface area contributed by atoms with Crippen molar-refractivity contribution in [2.24, 2.45) is 0 Å². The summed E-state index contributed by atoms with van der Waals surface area (Å²) >= 11 is 5.70. The molecule has 3 aromatic heterocycles. The Balaban J connectivity index is 1.10. The number of nitrogens with zero attached hydrogens (tertiary/aromatic N) is 1. The summed E-state index contributed by atoms with van der Waals surface area (Å²) < 4.78 is 7.96. The molecule has 54 heavy (non-hydrogen) atoms. The SMILES string of the molecule is c1ccc2c(-c3ccc(N(c4ccc5c(c4)sc4ccccc45)c4cccc5c4sc4ccc6sc7c8ccccc8ccc7c6c45)cc3)cccc2c1. The first-order valence-corrected chi connectivity index (χ1v) is 20.7. The van der Waals surface area contributed by atoms with Crippen molar-refractivity contribution in [2.75, 3.05) is 4.90 Å². The lowest BCUT2D eigenvalue weighted by molar-refractivity contribution is 1.31. The minimum atomic E-state index is 1.14. The standard InChI is InChI=1S/C50H29NS3/c1-3-12-35-30(9-1)11-7-15-36(35)32-19-22-33(23-20-32)51(34-24-26-39-38-14-5-6-18-43(38)52-46(39)29-34)42-17-8-16-40-47-45(54-50(40)42)28-27-44-48(47)41-25-21-31-10-2-4-13-37(31)49(41)53-44/h1-29H. The monoisotopic (exact) mass is 739 g/mol. The van der Waals surface area contributed by atoms with Crippen LogP contribution >= 0.6 is 34.0 Å². The fourth-order valence-corrected chi connectivity index (χ4v) is 12.2. The molecule has 252 valence electrons. The molecule has 9 aromatic carbocycles. The molecule has 0 radical (unpaired) electrons. The first kappa shape index (κ1) is 30.4. The van der Waals surface area contributed by atoms with Crippen molar-refractivity contribution in [3.8, 4) is 11.1 Å². The van der Waals surface area contributed by atoms with Gasteiger partial charge in [0.25, 0.3) is 0 Å². The van der Waals surface area contributed by atoms with Crippen LogP contribution in [0.25, 0.3) is 93.2 Å². The number of rotatable bonds is 4. The van der Waals surface area contributed by atoms with E-state index in [1.165, 1.54) is 98.9 Å². The lowest BCUT2D eigenvalue weighted by Crippen LogP contribution is -2.10. The molecule has 0 atom stereocenters. The Morgan fingerprint density at radius 3 is 1.76 bits per heavy atom. The Kier molecular flexibility index (Phi) is 6.61. The maximum Gasteiger partial charge on any atom is 0.0640 e. The van der Waals surface area contributed by atoms with Gasteiger partial charge in [0.05, 0.1) is 10.4 Å². The number of benzene rings is 9. The van der Waals surface area contributed by atoms with Crippen molar-refractivity contribution in [1.82, 2.24) is 0 Å². The Morgan fingerprint density at radius 1 is 0.333 bits per heavy atom. The van der Waals surface area contributed by atoms with Crippen LogP contribution in [0.5, 0.6) is 0 Å². The second-order valence-electron chi connectivity index (χ2n) is 14.0. The van der Waals surface area contributed by atoms with E-state index in [9.17, 15) is 0 Å². The van der Waals surface area contributed by atoms with Gasteiger partial charge in [-0.15, -0.1) is 34.0 Å². The maximum atomic E-state index is 2.48. The van der Waals surface area contributed by atoms with Crippen LogP contribution in [-0.2, 0) is 0 Å². The third-order valence-corrected chi connectivity index (χ3v) is 14.6. The van der Waals surface area contributed by atoms with Crippen LogP contribution in [0.15, 0.2) is 176 Å². The zero-order valence-corrected chi connectivity index (χ0v) is 31.4. The van der Waals surface area contributed by atoms with Crippen LogP contribution in [0.3, 0.4) is 0 Å². The lowest BCUT2D eigenvalue weighted by atomic mass is 9.98. The fourth-order valence-electron chi connectivity index (χ4n) is 8.59. The van der Waals surface area contributed by atoms with E-state index in [0.29, 0.717) is 0 Å². The third kappa shape index (κ3) is 4.48. The molecular weight excluding hydrogens is 711 g/mol. The number of thiophene rings is 3. The summed E-state index contributed by atoms with van der Waals surface area (Å²) in [5, 5.41) is 13.2. The van der Waals surface area contributed by atoms with E-state index >= 15 is 0 Å². The van der Waals surface area contributed by atoms with Crippen molar-refractivity contribution < 1.29 is 0 Å². The largest absolute Gasteiger partial charge is 0.309 e. The van der Waals surface area contributed by atoms with Crippen molar-refractivity contribution in [1.29, 1.82) is 0 Å². The minimum Gasteiger partial charge on any atom is -0.309 e. The van der Waals surface area contributed by atoms with E-state index in [2.05, 4.69) is 181 Å². The first-order valence-electron chi connectivity index (χ1n) is 18.2. The Bertz CT molecular complexity index is 3450. The summed E-state index contributed by atoms with van der Waals surface area (Å²) in [7, 11) is 0. The zero-order chi connectivity index (χ0) is 35.3. The summed E-state index contributed by atoms with van der Waals surface area (Å²) in [6, 6.07) is 65.2. The van der Waals surface area contributed by atoms with E-state index in [-0.39, 0.29) is 0 Å². The van der Waals surface area contributed by atoms with Gasteiger partial charge >= 0.3 is 0 Å². The Labute approximate surface area is 323 Å². The lowest BCUT2D eigenvalue weighted by Gasteiger charge is -2.26. The minimum absolute atomic E-state index is 1.14. The molecule has 12 aromatic rings. The van der Waals surface area contributed by atoms with E-state index in [4.69, 9.17) is 0 Å². The van der Waals surface area contributed by atoms with Crippen molar-refractivity contribution in [3.63, 3.8) is 0 Å². The highest BCUT2D eigenvalue weighted by molar-refractivity contribution is 7.28. The van der Waals surface area contributed by atoms with Gasteiger partial charge in [0.2, 0.25) is 0 Å². The molecule has 0 bridgehead atoms. The van der Waals surface area contributed by atoms with Gasteiger partial charge in [0, 0.05) is 67.2 Å². The molecule has 1 nitrogen and oxygen atoms in total. The van der Waals surface area contributed by atoms with Crippen LogP contribution in [0.2, 0.25) is 0 Å². The number of anilines is 3. The van der Waals surface area contributed by atoms with E-state index in [1.807, 2.05) is 34.0 Å². The van der Waals surface area contributed by atoms with E-state index in [1.54, 1.807) is 0 Å². The summed E-state index contributed by atoms with van der Waals surface area (Å²) in [6.07, 6.45) is 0. The third-order valence-electron chi connectivity index (χ3n) is 11.1. The summed E-state index contributed by atoms with van der Waals surface area (Å²) in [6.45, 7) is 0. The van der Waals surface area contributed by atoms with Crippen LogP contribution in [0.1, 0.15) is 0 Å². The quantitative estimate of drug-likeness (QED) is 0.174. The van der Waals surface area contributed by atoms with Gasteiger partial charge in [-0.3, -0.25) is 0 Å². The fraction of sp³-hybridized carbons (Fsp3) is 0. The predicted octanol–water partition coefficient (Wildman–Crippen LogP) is 16.2. The van der Waals surface area contributed by atoms with Crippen LogP contribution in [0, 0.1) is 0 Å². The van der Waals surface area contributed by atoms with Crippen LogP contribution in [-0.4, -0.2) is 0 Å². The molecule has 0 aliphatic rings. The van der Waals surface area contributed by atoms with Gasteiger partial charge in [0.1, 0.15) is 0 Å². The smallest absolute Gasteiger partial charge is 0.0640 e. The highest BCUT2D eigenvalue weighted by Gasteiger charge is 2.22. The molecule has 0 saturated heterocycles. The topological polar surface area (TPSA) is 3.24 Å². The molecule has 0 fully saturated rings. The van der Waals surface area contributed by atoms with Crippen molar-refractivity contribution in [2.45, 2.75) is 0 Å². The van der Waals surface area contributed by atoms with Crippen LogP contribution < -0.4 is 4.90 Å².